The van der Waals surface area contributed by atoms with E-state index < -0.39 is 0 Å². The maximum Gasteiger partial charge on any atom is 0.244 e. The van der Waals surface area contributed by atoms with E-state index in [0.717, 1.165) is 38.7 Å². The Morgan fingerprint density at radius 2 is 1.81 bits per heavy atom. The lowest BCUT2D eigenvalue weighted by atomic mass is 10.1. The van der Waals surface area contributed by atoms with Crippen molar-refractivity contribution in [1.29, 1.82) is 0 Å². The zero-order chi connectivity index (χ0) is 22.7. The van der Waals surface area contributed by atoms with Crippen molar-refractivity contribution in [3.05, 3.63) is 83.4 Å². The van der Waals surface area contributed by atoms with Crippen LogP contribution in [0.2, 0.25) is 0 Å². The summed E-state index contributed by atoms with van der Waals surface area (Å²) in [5, 5.41) is 2.93. The maximum absolute atomic E-state index is 13.3. The molecule has 6 heteroatoms. The van der Waals surface area contributed by atoms with Crippen molar-refractivity contribution in [2.24, 2.45) is 0 Å². The van der Waals surface area contributed by atoms with E-state index in [1.54, 1.807) is 23.8 Å². The number of carbonyl (C=O) groups excluding carboxylic acids is 2. The first kappa shape index (κ1) is 22.0. The fraction of sp³-hybridized carbons (Fsp3) is 0.231. The Hall–Kier alpha value is -3.25. The first-order valence-corrected chi connectivity index (χ1v) is 11.4. The minimum Gasteiger partial charge on any atom is -0.497 e. The number of anilines is 2. The van der Waals surface area contributed by atoms with Gasteiger partial charge < -0.3 is 15.0 Å². The van der Waals surface area contributed by atoms with Crippen LogP contribution in [0, 0.1) is 13.8 Å². The number of ether oxygens (including phenoxy) is 1. The first-order valence-electron chi connectivity index (χ1n) is 10.5. The van der Waals surface area contributed by atoms with Crippen LogP contribution in [-0.4, -0.2) is 25.5 Å². The summed E-state index contributed by atoms with van der Waals surface area (Å²) in [4.78, 5) is 28.8. The number of rotatable bonds is 5. The number of carbonyl (C=O) groups is 2. The molecule has 1 N–H and O–H groups in total. The fourth-order valence-corrected chi connectivity index (χ4v) is 5.06. The van der Waals surface area contributed by atoms with Crippen LogP contribution >= 0.6 is 11.8 Å². The SMILES string of the molecule is COc1ccc([C@@H]2CC(=O)N(CC(=O)Nc3cccc(C)c3C)c3ccccc3S2)cc1. The van der Waals surface area contributed by atoms with E-state index in [4.69, 9.17) is 4.74 Å². The predicted molar refractivity (Wildman–Crippen MR) is 130 cm³/mol. The highest BCUT2D eigenvalue weighted by atomic mass is 32.2. The molecule has 0 fully saturated rings. The molecule has 0 saturated carbocycles. The minimum atomic E-state index is -0.213. The van der Waals surface area contributed by atoms with Gasteiger partial charge in [0, 0.05) is 22.3 Å². The van der Waals surface area contributed by atoms with Crippen molar-refractivity contribution >= 4 is 35.0 Å². The van der Waals surface area contributed by atoms with E-state index in [1.807, 2.05) is 80.6 Å². The van der Waals surface area contributed by atoms with Crippen LogP contribution in [0.25, 0.3) is 0 Å². The highest BCUT2D eigenvalue weighted by Gasteiger charge is 2.30. The molecular weight excluding hydrogens is 420 g/mol. The van der Waals surface area contributed by atoms with Crippen molar-refractivity contribution in [3.63, 3.8) is 0 Å². The van der Waals surface area contributed by atoms with Gasteiger partial charge in [-0.05, 0) is 60.9 Å². The van der Waals surface area contributed by atoms with Crippen molar-refractivity contribution < 1.29 is 14.3 Å². The molecule has 0 spiro atoms. The molecule has 1 aliphatic heterocycles. The lowest BCUT2D eigenvalue weighted by molar-refractivity contribution is -0.121. The van der Waals surface area contributed by atoms with Gasteiger partial charge in [-0.2, -0.15) is 0 Å². The third-order valence-corrected chi connectivity index (χ3v) is 7.08. The zero-order valence-corrected chi connectivity index (χ0v) is 19.2. The summed E-state index contributed by atoms with van der Waals surface area (Å²) >= 11 is 1.65. The molecule has 1 atom stereocenters. The third kappa shape index (κ3) is 4.65. The van der Waals surface area contributed by atoms with Crippen LogP contribution in [0.5, 0.6) is 5.75 Å². The number of hydrogen-bond donors (Lipinski definition) is 1. The van der Waals surface area contributed by atoms with Crippen molar-refractivity contribution in [1.82, 2.24) is 0 Å². The summed E-state index contributed by atoms with van der Waals surface area (Å²) in [6.07, 6.45) is 0.308. The number of amides is 2. The van der Waals surface area contributed by atoms with Crippen molar-refractivity contribution in [2.75, 3.05) is 23.9 Å². The number of fused-ring (bicyclic) bond motifs is 1. The second-order valence-electron chi connectivity index (χ2n) is 7.83. The number of hydrogen-bond acceptors (Lipinski definition) is 4. The molecule has 164 valence electrons. The molecule has 1 heterocycles. The van der Waals surface area contributed by atoms with Crippen LogP contribution in [0.3, 0.4) is 0 Å². The van der Waals surface area contributed by atoms with Gasteiger partial charge in [0.05, 0.1) is 12.8 Å². The summed E-state index contributed by atoms with van der Waals surface area (Å²) < 4.78 is 5.26. The molecule has 5 nitrogen and oxygen atoms in total. The molecule has 2 amide bonds. The summed E-state index contributed by atoms with van der Waals surface area (Å²) in [7, 11) is 1.64. The number of thioether (sulfide) groups is 1. The van der Waals surface area contributed by atoms with Gasteiger partial charge in [0.1, 0.15) is 12.3 Å². The minimum absolute atomic E-state index is 0.0286. The summed E-state index contributed by atoms with van der Waals surface area (Å²) in [6, 6.07) is 21.4. The number of nitrogens with zero attached hydrogens (tertiary/aromatic N) is 1. The Labute approximate surface area is 192 Å². The molecule has 0 saturated heterocycles. The fourth-order valence-electron chi connectivity index (χ4n) is 3.78. The van der Waals surface area contributed by atoms with Gasteiger partial charge in [0.25, 0.3) is 0 Å². The number of benzene rings is 3. The van der Waals surface area contributed by atoms with E-state index in [1.165, 1.54) is 0 Å². The molecule has 3 aromatic rings. The molecule has 1 aliphatic rings. The van der Waals surface area contributed by atoms with Crippen LogP contribution < -0.4 is 15.0 Å². The first-order chi connectivity index (χ1) is 15.5. The van der Waals surface area contributed by atoms with Gasteiger partial charge >= 0.3 is 0 Å². The monoisotopic (exact) mass is 446 g/mol. The molecule has 0 aromatic heterocycles. The molecule has 0 aliphatic carbocycles. The lowest BCUT2D eigenvalue weighted by Gasteiger charge is -2.22. The molecular formula is C26H26N2O3S. The highest BCUT2D eigenvalue weighted by Crippen LogP contribution is 2.45. The Morgan fingerprint density at radius 3 is 2.56 bits per heavy atom. The van der Waals surface area contributed by atoms with Crippen molar-refractivity contribution in [2.45, 2.75) is 30.4 Å². The Kier molecular flexibility index (Phi) is 6.51. The number of aryl methyl sites for hydroxylation is 1. The van der Waals surface area contributed by atoms with E-state index >= 15 is 0 Å². The summed E-state index contributed by atoms with van der Waals surface area (Å²) in [5.74, 6) is 0.498. The second-order valence-corrected chi connectivity index (χ2v) is 9.07. The van der Waals surface area contributed by atoms with Crippen LogP contribution in [0.15, 0.2) is 71.6 Å². The molecule has 0 radical (unpaired) electrons. The number of nitrogens with one attached hydrogen (secondary N) is 1. The lowest BCUT2D eigenvalue weighted by Crippen LogP contribution is -2.38. The highest BCUT2D eigenvalue weighted by molar-refractivity contribution is 7.99. The number of para-hydroxylation sites is 1. The average Bonchev–Trinajstić information content (AvgIpc) is 2.93. The predicted octanol–water partition coefficient (Wildman–Crippen LogP) is 5.52. The van der Waals surface area contributed by atoms with E-state index in [0.29, 0.717) is 6.42 Å². The van der Waals surface area contributed by atoms with Gasteiger partial charge in [-0.25, -0.2) is 0 Å². The third-order valence-electron chi connectivity index (χ3n) is 5.75. The zero-order valence-electron chi connectivity index (χ0n) is 18.4. The molecule has 3 aromatic carbocycles. The normalized spacial score (nSPS) is 15.7. The van der Waals surface area contributed by atoms with Gasteiger partial charge in [-0.1, -0.05) is 36.4 Å². The Bertz CT molecular complexity index is 1140. The molecule has 32 heavy (non-hydrogen) atoms. The van der Waals surface area contributed by atoms with Crippen LogP contribution in [-0.2, 0) is 9.59 Å². The maximum atomic E-state index is 13.3. The standard InChI is InChI=1S/C26H26N2O3S/c1-17-7-6-8-21(18(17)2)27-25(29)16-28-22-9-4-5-10-23(22)32-24(15-26(28)30)19-11-13-20(31-3)14-12-19/h4-14,24H,15-16H2,1-3H3,(H,27,29)/t24-/m0/s1. The second kappa shape index (κ2) is 9.49. The van der Waals surface area contributed by atoms with Crippen LogP contribution in [0.4, 0.5) is 11.4 Å². The smallest absolute Gasteiger partial charge is 0.244 e. The van der Waals surface area contributed by atoms with E-state index in [-0.39, 0.29) is 23.6 Å². The van der Waals surface area contributed by atoms with Gasteiger partial charge in [0.15, 0.2) is 0 Å². The van der Waals surface area contributed by atoms with Gasteiger partial charge in [-0.15, -0.1) is 11.8 Å². The topological polar surface area (TPSA) is 58.6 Å². The average molecular weight is 447 g/mol. The molecule has 4 rings (SSSR count). The molecule has 0 bridgehead atoms. The van der Waals surface area contributed by atoms with Crippen molar-refractivity contribution in [3.8, 4) is 5.75 Å². The van der Waals surface area contributed by atoms with E-state index in [9.17, 15) is 9.59 Å². The Balaban J connectivity index is 1.58. The quantitative estimate of drug-likeness (QED) is 0.561. The van der Waals surface area contributed by atoms with Crippen LogP contribution in [0.1, 0.15) is 28.4 Å². The summed E-state index contributed by atoms with van der Waals surface area (Å²) in [6.45, 7) is 3.96. The Morgan fingerprint density at radius 1 is 1.06 bits per heavy atom. The largest absolute Gasteiger partial charge is 0.497 e. The summed E-state index contributed by atoms with van der Waals surface area (Å²) in [5.41, 5.74) is 4.74. The number of methoxy groups -OCH3 is 1. The molecule has 0 unspecified atom stereocenters. The van der Waals surface area contributed by atoms with E-state index in [2.05, 4.69) is 5.32 Å². The van der Waals surface area contributed by atoms with Gasteiger partial charge in [0.2, 0.25) is 11.8 Å². The van der Waals surface area contributed by atoms with Gasteiger partial charge in [-0.3, -0.25) is 9.59 Å².